The lowest BCUT2D eigenvalue weighted by atomic mass is 9.97. The number of rotatable bonds is 4. The van der Waals surface area contributed by atoms with Crippen molar-refractivity contribution < 1.29 is 18.4 Å². The number of carbonyl (C=O) groups is 2. The first-order valence-electron chi connectivity index (χ1n) is 7.00. The standard InChI is InChI=1S/C15H17F2N3O2.ClH/c16-13(17)10-4-7-20(8-5-10)15(22)12(14(18)21)9-11-3-1-2-6-19-11;/h1-3,6,12H,4-5,7-9H2,(H2,18,21);1H. The van der Waals surface area contributed by atoms with Gasteiger partial charge in [0, 0.05) is 31.4 Å². The summed E-state index contributed by atoms with van der Waals surface area (Å²) in [6, 6.07) is 5.19. The topological polar surface area (TPSA) is 76.3 Å². The summed E-state index contributed by atoms with van der Waals surface area (Å²) in [4.78, 5) is 29.5. The van der Waals surface area contributed by atoms with Gasteiger partial charge in [0.1, 0.15) is 5.92 Å². The van der Waals surface area contributed by atoms with Crippen molar-refractivity contribution in [2.24, 2.45) is 11.7 Å². The second kappa shape index (κ2) is 8.57. The molecule has 0 bridgehead atoms. The molecule has 1 aromatic rings. The van der Waals surface area contributed by atoms with Crippen LogP contribution in [0.15, 0.2) is 36.0 Å². The van der Waals surface area contributed by atoms with Crippen molar-refractivity contribution in [3.05, 3.63) is 41.7 Å². The number of aromatic nitrogens is 1. The van der Waals surface area contributed by atoms with Crippen LogP contribution in [0.1, 0.15) is 18.5 Å². The summed E-state index contributed by atoms with van der Waals surface area (Å²) in [5.41, 5.74) is 5.99. The first-order chi connectivity index (χ1) is 10.5. The predicted molar refractivity (Wildman–Crippen MR) is 82.9 cm³/mol. The maximum Gasteiger partial charge on any atom is 0.269 e. The first kappa shape index (κ1) is 19.0. The van der Waals surface area contributed by atoms with Crippen molar-refractivity contribution in [1.29, 1.82) is 0 Å². The van der Waals surface area contributed by atoms with Crippen LogP contribution in [0.3, 0.4) is 0 Å². The van der Waals surface area contributed by atoms with Gasteiger partial charge in [0.05, 0.1) is 0 Å². The molecule has 0 radical (unpaired) electrons. The molecular formula is C15H18ClF2N3O2. The smallest absolute Gasteiger partial charge is 0.269 e. The summed E-state index contributed by atoms with van der Waals surface area (Å²) >= 11 is 0. The van der Waals surface area contributed by atoms with Gasteiger partial charge in [-0.15, -0.1) is 12.4 Å². The highest BCUT2D eigenvalue weighted by Crippen LogP contribution is 2.23. The summed E-state index contributed by atoms with van der Waals surface area (Å²) in [5.74, 6) is -2.17. The van der Waals surface area contributed by atoms with E-state index in [4.69, 9.17) is 5.73 Å². The zero-order valence-electron chi connectivity index (χ0n) is 12.4. The van der Waals surface area contributed by atoms with Crippen molar-refractivity contribution in [2.75, 3.05) is 13.1 Å². The number of amides is 2. The Kier molecular flexibility index (Phi) is 7.09. The van der Waals surface area contributed by atoms with Gasteiger partial charge in [0.2, 0.25) is 11.8 Å². The van der Waals surface area contributed by atoms with Crippen LogP contribution in [0.25, 0.3) is 0 Å². The van der Waals surface area contributed by atoms with Crippen LogP contribution in [-0.2, 0) is 16.0 Å². The monoisotopic (exact) mass is 345 g/mol. The molecule has 0 spiro atoms. The first-order valence-corrected chi connectivity index (χ1v) is 7.00. The Morgan fingerprint density at radius 3 is 2.39 bits per heavy atom. The minimum atomic E-state index is -1.67. The van der Waals surface area contributed by atoms with Crippen LogP contribution >= 0.6 is 12.4 Å². The maximum atomic E-state index is 12.5. The van der Waals surface area contributed by atoms with Gasteiger partial charge in [0.15, 0.2) is 0 Å². The molecule has 1 saturated heterocycles. The van der Waals surface area contributed by atoms with Crippen LogP contribution in [-0.4, -0.2) is 34.8 Å². The van der Waals surface area contributed by atoms with Crippen LogP contribution in [0.4, 0.5) is 8.78 Å². The SMILES string of the molecule is Cl.NC(=O)C(Cc1ccccn1)C(=O)N1CCC(=C(F)F)CC1. The third kappa shape index (κ3) is 4.99. The third-order valence-electron chi connectivity index (χ3n) is 3.73. The molecule has 126 valence electrons. The van der Waals surface area contributed by atoms with Gasteiger partial charge in [-0.25, -0.2) is 0 Å². The molecule has 1 aliphatic heterocycles. The fraction of sp³-hybridized carbons (Fsp3) is 0.400. The Bertz CT molecular complexity index is 582. The Morgan fingerprint density at radius 2 is 1.91 bits per heavy atom. The highest BCUT2D eigenvalue weighted by Gasteiger charge is 2.31. The number of halogens is 3. The van der Waals surface area contributed by atoms with E-state index in [9.17, 15) is 18.4 Å². The highest BCUT2D eigenvalue weighted by atomic mass is 35.5. The molecular weight excluding hydrogens is 328 g/mol. The van der Waals surface area contributed by atoms with Crippen molar-refractivity contribution in [3.63, 3.8) is 0 Å². The number of primary amides is 1. The van der Waals surface area contributed by atoms with Crippen molar-refractivity contribution >= 4 is 24.2 Å². The summed E-state index contributed by atoms with van der Waals surface area (Å²) in [7, 11) is 0. The van der Waals surface area contributed by atoms with Gasteiger partial charge in [-0.05, 0) is 30.5 Å². The second-order valence-corrected chi connectivity index (χ2v) is 5.17. The van der Waals surface area contributed by atoms with E-state index in [1.807, 2.05) is 0 Å². The Balaban J connectivity index is 0.00000264. The number of piperidine rings is 1. The lowest BCUT2D eigenvalue weighted by Crippen LogP contribution is -2.45. The van der Waals surface area contributed by atoms with Gasteiger partial charge >= 0.3 is 0 Å². The molecule has 1 fully saturated rings. The number of hydrogen-bond acceptors (Lipinski definition) is 3. The molecule has 2 N–H and O–H groups in total. The molecule has 23 heavy (non-hydrogen) atoms. The van der Waals surface area contributed by atoms with E-state index in [1.165, 1.54) is 4.90 Å². The molecule has 0 saturated carbocycles. The van der Waals surface area contributed by atoms with E-state index in [0.29, 0.717) is 5.69 Å². The zero-order chi connectivity index (χ0) is 16.1. The lowest BCUT2D eigenvalue weighted by Gasteiger charge is -2.30. The van der Waals surface area contributed by atoms with Gasteiger partial charge in [-0.3, -0.25) is 14.6 Å². The van der Waals surface area contributed by atoms with E-state index < -0.39 is 23.8 Å². The Hall–Kier alpha value is -2.02. The van der Waals surface area contributed by atoms with Crippen molar-refractivity contribution in [1.82, 2.24) is 9.88 Å². The van der Waals surface area contributed by atoms with Gasteiger partial charge in [-0.1, -0.05) is 6.07 Å². The van der Waals surface area contributed by atoms with Crippen LogP contribution in [0, 0.1) is 5.92 Å². The van der Waals surface area contributed by atoms with Gasteiger partial charge in [-0.2, -0.15) is 8.78 Å². The van der Waals surface area contributed by atoms with Crippen LogP contribution in [0.2, 0.25) is 0 Å². The van der Waals surface area contributed by atoms with Crippen LogP contribution < -0.4 is 5.73 Å². The molecule has 0 aromatic carbocycles. The summed E-state index contributed by atoms with van der Waals surface area (Å²) in [6.45, 7) is 0.356. The summed E-state index contributed by atoms with van der Waals surface area (Å²) in [6.07, 6.45) is 0.268. The minimum absolute atomic E-state index is 0. The molecule has 0 aliphatic carbocycles. The number of pyridine rings is 1. The molecule has 8 heteroatoms. The number of carbonyl (C=O) groups excluding carboxylic acids is 2. The minimum Gasteiger partial charge on any atom is -0.369 e. The Labute approximate surface area is 139 Å². The molecule has 5 nitrogen and oxygen atoms in total. The third-order valence-corrected chi connectivity index (χ3v) is 3.73. The zero-order valence-corrected chi connectivity index (χ0v) is 13.2. The van der Waals surface area contributed by atoms with Crippen molar-refractivity contribution in [2.45, 2.75) is 19.3 Å². The number of nitrogens with two attached hydrogens (primary N) is 1. The van der Waals surface area contributed by atoms with Gasteiger partial charge < -0.3 is 10.6 Å². The average molecular weight is 346 g/mol. The normalized spacial score (nSPS) is 15.6. The molecule has 1 unspecified atom stereocenters. The fourth-order valence-electron chi connectivity index (χ4n) is 2.44. The molecule has 2 amide bonds. The lowest BCUT2D eigenvalue weighted by molar-refractivity contribution is -0.141. The van der Waals surface area contributed by atoms with E-state index in [0.717, 1.165) is 0 Å². The fourth-order valence-corrected chi connectivity index (χ4v) is 2.44. The van der Waals surface area contributed by atoms with Crippen LogP contribution in [0.5, 0.6) is 0 Å². The maximum absolute atomic E-state index is 12.5. The quantitative estimate of drug-likeness (QED) is 0.847. The highest BCUT2D eigenvalue weighted by molar-refractivity contribution is 5.99. The molecule has 2 rings (SSSR count). The average Bonchev–Trinajstić information content (AvgIpc) is 2.53. The van der Waals surface area contributed by atoms with E-state index >= 15 is 0 Å². The second-order valence-electron chi connectivity index (χ2n) is 5.17. The largest absolute Gasteiger partial charge is 0.369 e. The van der Waals surface area contributed by atoms with E-state index in [-0.39, 0.29) is 50.3 Å². The Morgan fingerprint density at radius 1 is 1.26 bits per heavy atom. The summed E-state index contributed by atoms with van der Waals surface area (Å²) in [5, 5.41) is 0. The van der Waals surface area contributed by atoms with Crippen molar-refractivity contribution in [3.8, 4) is 0 Å². The number of hydrogen-bond donors (Lipinski definition) is 1. The van der Waals surface area contributed by atoms with Gasteiger partial charge in [0.25, 0.3) is 6.08 Å². The molecule has 1 atom stereocenters. The summed E-state index contributed by atoms with van der Waals surface area (Å²) < 4.78 is 25.0. The molecule has 2 heterocycles. The number of nitrogens with zero attached hydrogens (tertiary/aromatic N) is 2. The predicted octanol–water partition coefficient (Wildman–Crippen LogP) is 1.92. The van der Waals surface area contributed by atoms with E-state index in [2.05, 4.69) is 4.98 Å². The number of likely N-dealkylation sites (tertiary alicyclic amines) is 1. The molecule has 1 aromatic heterocycles. The molecule has 1 aliphatic rings. The van der Waals surface area contributed by atoms with E-state index in [1.54, 1.807) is 24.4 Å².